The van der Waals surface area contributed by atoms with Crippen LogP contribution in [0.4, 0.5) is 23.3 Å². The van der Waals surface area contributed by atoms with E-state index in [1.165, 1.54) is 12.8 Å². The molecule has 1 unspecified atom stereocenters. The average molecular weight is 439 g/mol. The molecule has 1 amide bonds. The van der Waals surface area contributed by atoms with E-state index in [9.17, 15) is 9.90 Å². The molecule has 2 saturated heterocycles. The van der Waals surface area contributed by atoms with Crippen LogP contribution in [0, 0.1) is 5.41 Å². The highest BCUT2D eigenvalue weighted by atomic mass is 16.3. The summed E-state index contributed by atoms with van der Waals surface area (Å²) in [6, 6.07) is 3.73. The SMILES string of the molecule is N=Cc1nc(N2CCCCCC2)nc(Nc2ccc(N3CCCC(O)C3)nc2)c1C(N)=O. The van der Waals surface area contributed by atoms with Crippen LogP contribution in [-0.2, 0) is 0 Å². The molecule has 2 aromatic rings. The molecular weight excluding hydrogens is 408 g/mol. The van der Waals surface area contributed by atoms with Crippen LogP contribution >= 0.6 is 0 Å². The van der Waals surface area contributed by atoms with Crippen molar-refractivity contribution in [3.63, 3.8) is 0 Å². The summed E-state index contributed by atoms with van der Waals surface area (Å²) in [4.78, 5) is 29.9. The number of rotatable bonds is 6. The highest BCUT2D eigenvalue weighted by Gasteiger charge is 2.22. The Balaban J connectivity index is 1.61. The number of anilines is 4. The van der Waals surface area contributed by atoms with E-state index in [0.717, 1.165) is 57.4 Å². The fourth-order valence-electron chi connectivity index (χ4n) is 4.26. The molecule has 0 radical (unpaired) electrons. The van der Waals surface area contributed by atoms with Gasteiger partial charge in [-0.25, -0.2) is 9.97 Å². The third-order valence-corrected chi connectivity index (χ3v) is 5.93. The first-order chi connectivity index (χ1) is 15.5. The van der Waals surface area contributed by atoms with E-state index in [2.05, 4.69) is 30.1 Å². The van der Waals surface area contributed by atoms with Crippen LogP contribution in [0.15, 0.2) is 18.3 Å². The summed E-state index contributed by atoms with van der Waals surface area (Å²) in [5.74, 6) is 0.857. The number of aromatic nitrogens is 3. The number of pyridine rings is 1. The molecule has 1 atom stereocenters. The van der Waals surface area contributed by atoms with Gasteiger partial charge in [-0.1, -0.05) is 12.8 Å². The first-order valence-corrected chi connectivity index (χ1v) is 11.2. The maximum atomic E-state index is 12.2. The highest BCUT2D eigenvalue weighted by molar-refractivity contribution is 6.04. The third-order valence-electron chi connectivity index (χ3n) is 5.93. The summed E-state index contributed by atoms with van der Waals surface area (Å²) < 4.78 is 0. The predicted molar refractivity (Wildman–Crippen MR) is 124 cm³/mol. The second-order valence-corrected chi connectivity index (χ2v) is 8.31. The average Bonchev–Trinajstić information content (AvgIpc) is 3.08. The Morgan fingerprint density at radius 1 is 1.12 bits per heavy atom. The van der Waals surface area contributed by atoms with E-state index in [1.54, 1.807) is 6.20 Å². The highest BCUT2D eigenvalue weighted by Crippen LogP contribution is 2.26. The molecule has 0 aromatic carbocycles. The lowest BCUT2D eigenvalue weighted by Crippen LogP contribution is -2.38. The van der Waals surface area contributed by atoms with Gasteiger partial charge in [-0.2, -0.15) is 4.98 Å². The van der Waals surface area contributed by atoms with Gasteiger partial charge >= 0.3 is 0 Å². The number of piperidine rings is 1. The lowest BCUT2D eigenvalue weighted by molar-refractivity contribution is 0.100. The third kappa shape index (κ3) is 4.96. The van der Waals surface area contributed by atoms with Crippen molar-refractivity contribution in [2.45, 2.75) is 44.6 Å². The first kappa shape index (κ1) is 21.9. The molecule has 10 nitrogen and oxygen atoms in total. The van der Waals surface area contributed by atoms with Gasteiger partial charge in [-0.3, -0.25) is 4.79 Å². The Labute approximate surface area is 187 Å². The Hall–Kier alpha value is -3.27. The van der Waals surface area contributed by atoms with Crippen LogP contribution in [0.1, 0.15) is 54.6 Å². The zero-order valence-electron chi connectivity index (χ0n) is 18.1. The van der Waals surface area contributed by atoms with Gasteiger partial charge in [0.15, 0.2) is 0 Å². The minimum Gasteiger partial charge on any atom is -0.391 e. The molecule has 4 heterocycles. The molecule has 170 valence electrons. The summed E-state index contributed by atoms with van der Waals surface area (Å²) in [7, 11) is 0. The van der Waals surface area contributed by atoms with Crippen LogP contribution in [0.5, 0.6) is 0 Å². The number of nitrogens with two attached hydrogens (primary N) is 1. The van der Waals surface area contributed by atoms with Crippen LogP contribution in [-0.4, -0.2) is 64.5 Å². The summed E-state index contributed by atoms with van der Waals surface area (Å²) in [5, 5.41) is 20.8. The fraction of sp³-hybridized carbons (Fsp3) is 0.500. The molecule has 0 aliphatic carbocycles. The Morgan fingerprint density at radius 3 is 2.50 bits per heavy atom. The maximum absolute atomic E-state index is 12.2. The molecule has 0 spiro atoms. The number of amides is 1. The van der Waals surface area contributed by atoms with Crippen LogP contribution in [0.2, 0.25) is 0 Å². The molecule has 5 N–H and O–H groups in total. The second kappa shape index (κ2) is 9.90. The normalized spacial score (nSPS) is 19.3. The largest absolute Gasteiger partial charge is 0.391 e. The number of primary amides is 1. The number of aliphatic hydroxyl groups is 1. The minimum absolute atomic E-state index is 0.0850. The van der Waals surface area contributed by atoms with Crippen LogP contribution in [0.25, 0.3) is 0 Å². The van der Waals surface area contributed by atoms with Crippen molar-refractivity contribution in [2.75, 3.05) is 41.3 Å². The van der Waals surface area contributed by atoms with E-state index in [1.807, 2.05) is 12.1 Å². The minimum atomic E-state index is -0.694. The molecule has 32 heavy (non-hydrogen) atoms. The van der Waals surface area contributed by atoms with Crippen molar-refractivity contribution in [3.05, 3.63) is 29.6 Å². The van der Waals surface area contributed by atoms with E-state index in [0.29, 0.717) is 18.2 Å². The summed E-state index contributed by atoms with van der Waals surface area (Å²) in [5.41, 5.74) is 6.54. The zero-order valence-corrected chi connectivity index (χ0v) is 18.1. The number of aliphatic hydroxyl groups excluding tert-OH is 1. The molecule has 2 fully saturated rings. The smallest absolute Gasteiger partial charge is 0.254 e. The molecule has 0 saturated carbocycles. The molecule has 2 aliphatic rings. The van der Waals surface area contributed by atoms with E-state index < -0.39 is 5.91 Å². The van der Waals surface area contributed by atoms with Crippen molar-refractivity contribution in [1.82, 2.24) is 15.0 Å². The van der Waals surface area contributed by atoms with Gasteiger partial charge in [0.05, 0.1) is 18.0 Å². The number of nitrogens with one attached hydrogen (secondary N) is 2. The summed E-state index contributed by atoms with van der Waals surface area (Å²) >= 11 is 0. The lowest BCUT2D eigenvalue weighted by atomic mass is 10.1. The number of hydrogen-bond donors (Lipinski definition) is 4. The van der Waals surface area contributed by atoms with E-state index >= 15 is 0 Å². The summed E-state index contributed by atoms with van der Waals surface area (Å²) in [6.45, 7) is 3.10. The van der Waals surface area contributed by atoms with Crippen molar-refractivity contribution < 1.29 is 9.90 Å². The number of carbonyl (C=O) groups is 1. The molecule has 10 heteroatoms. The molecule has 4 rings (SSSR count). The predicted octanol–water partition coefficient (Wildman–Crippen LogP) is 2.05. The van der Waals surface area contributed by atoms with Crippen LogP contribution in [0.3, 0.4) is 0 Å². The van der Waals surface area contributed by atoms with E-state index in [-0.39, 0.29) is 23.2 Å². The standard InChI is InChI=1S/C22H30N8O2/c23-12-17-19(20(24)32)21(28-22(27-17)29-9-3-1-2-4-10-29)26-15-7-8-18(25-13-15)30-11-5-6-16(31)14-30/h7-8,12-13,16,23,31H,1-6,9-11,14H2,(H2,24,32)(H,26,27,28). The van der Waals surface area contributed by atoms with Crippen molar-refractivity contribution in [1.29, 1.82) is 5.41 Å². The lowest BCUT2D eigenvalue weighted by Gasteiger charge is -2.31. The van der Waals surface area contributed by atoms with Gasteiger partial charge in [-0.15, -0.1) is 0 Å². The Morgan fingerprint density at radius 2 is 1.88 bits per heavy atom. The maximum Gasteiger partial charge on any atom is 0.254 e. The van der Waals surface area contributed by atoms with Crippen LogP contribution < -0.4 is 20.9 Å². The Kier molecular flexibility index (Phi) is 6.79. The molecule has 2 aromatic heterocycles. The van der Waals surface area contributed by atoms with Gasteiger partial charge in [0.25, 0.3) is 5.91 Å². The van der Waals surface area contributed by atoms with Crippen molar-refractivity contribution >= 4 is 35.4 Å². The van der Waals surface area contributed by atoms with Gasteiger partial charge in [0.1, 0.15) is 22.9 Å². The number of hydrogen-bond acceptors (Lipinski definition) is 9. The fourth-order valence-corrected chi connectivity index (χ4v) is 4.26. The van der Waals surface area contributed by atoms with Gasteiger partial charge in [-0.05, 0) is 37.8 Å². The monoisotopic (exact) mass is 438 g/mol. The molecule has 2 aliphatic heterocycles. The van der Waals surface area contributed by atoms with Gasteiger partial charge < -0.3 is 31.4 Å². The van der Waals surface area contributed by atoms with Gasteiger partial charge in [0, 0.05) is 32.4 Å². The van der Waals surface area contributed by atoms with E-state index in [4.69, 9.17) is 11.1 Å². The quantitative estimate of drug-likeness (QED) is 0.502. The van der Waals surface area contributed by atoms with Gasteiger partial charge in [0.2, 0.25) is 5.95 Å². The zero-order chi connectivity index (χ0) is 22.5. The second-order valence-electron chi connectivity index (χ2n) is 8.31. The number of carbonyl (C=O) groups excluding carboxylic acids is 1. The first-order valence-electron chi connectivity index (χ1n) is 11.2. The molecular formula is C22H30N8O2. The Bertz CT molecular complexity index is 957. The summed E-state index contributed by atoms with van der Waals surface area (Å²) in [6.07, 6.45) is 8.57. The molecule has 0 bridgehead atoms. The number of nitrogens with zero attached hydrogens (tertiary/aromatic N) is 5. The number of β-amino-alcohol motifs (C(OH)–C–C–N with tert-alkyl or cyclic N) is 1. The topological polar surface area (TPSA) is 144 Å². The van der Waals surface area contributed by atoms with Crippen molar-refractivity contribution in [2.24, 2.45) is 5.73 Å². The van der Waals surface area contributed by atoms with Crippen molar-refractivity contribution in [3.8, 4) is 0 Å².